The molecular formula is C16H20N4O. The molecule has 1 atom stereocenters. The van der Waals surface area contributed by atoms with E-state index >= 15 is 0 Å². The molecular weight excluding hydrogens is 264 g/mol. The third kappa shape index (κ3) is 3.73. The average Bonchev–Trinajstić information content (AvgIpc) is 3.18. The van der Waals surface area contributed by atoms with Crippen molar-refractivity contribution in [2.45, 2.75) is 25.3 Å². The molecule has 0 bridgehead atoms. The number of nitrogens with one attached hydrogen (secondary N) is 2. The first-order chi connectivity index (χ1) is 10.2. The monoisotopic (exact) mass is 284 g/mol. The molecule has 1 aliphatic heterocycles. The molecule has 0 radical (unpaired) electrons. The lowest BCUT2D eigenvalue weighted by molar-refractivity contribution is 0.247. The Bertz CT molecular complexity index is 562. The standard InChI is InChI=1S/C16H20N4O/c17-9-13-3-1-2-4-15(13)19-16(21)18-14-7-8-20(11-14)10-12-5-6-12/h1-4,12,14H,5-8,10-11H2,(H2,18,19,21). The third-order valence-corrected chi connectivity index (χ3v) is 4.12. The summed E-state index contributed by atoms with van der Waals surface area (Å²) in [4.78, 5) is 14.5. The second kappa shape index (κ2) is 6.15. The van der Waals surface area contributed by atoms with Crippen LogP contribution in [0.4, 0.5) is 10.5 Å². The molecule has 5 nitrogen and oxygen atoms in total. The van der Waals surface area contributed by atoms with Crippen LogP contribution in [0.3, 0.4) is 0 Å². The minimum atomic E-state index is -0.226. The summed E-state index contributed by atoms with van der Waals surface area (Å²) in [5.41, 5.74) is 1.04. The summed E-state index contributed by atoms with van der Waals surface area (Å²) in [6.45, 7) is 3.18. The van der Waals surface area contributed by atoms with Gasteiger partial charge in [-0.05, 0) is 37.3 Å². The Morgan fingerprint density at radius 3 is 2.90 bits per heavy atom. The van der Waals surface area contributed by atoms with Gasteiger partial charge in [0, 0.05) is 25.7 Å². The number of carbonyl (C=O) groups is 1. The highest BCUT2D eigenvalue weighted by atomic mass is 16.2. The number of urea groups is 1. The fraction of sp³-hybridized carbons (Fsp3) is 0.500. The number of rotatable bonds is 4. The van der Waals surface area contributed by atoms with E-state index in [2.05, 4.69) is 21.6 Å². The Balaban J connectivity index is 1.49. The molecule has 21 heavy (non-hydrogen) atoms. The van der Waals surface area contributed by atoms with Crippen LogP contribution in [-0.4, -0.2) is 36.6 Å². The molecule has 5 heteroatoms. The first-order valence-corrected chi connectivity index (χ1v) is 7.53. The van der Waals surface area contributed by atoms with E-state index in [-0.39, 0.29) is 12.1 Å². The maximum atomic E-state index is 12.0. The maximum absolute atomic E-state index is 12.0. The number of likely N-dealkylation sites (tertiary alicyclic amines) is 1. The lowest BCUT2D eigenvalue weighted by Gasteiger charge is -2.16. The van der Waals surface area contributed by atoms with E-state index < -0.39 is 0 Å². The number of hydrogen-bond acceptors (Lipinski definition) is 3. The molecule has 1 saturated heterocycles. The normalized spacial score (nSPS) is 21.8. The van der Waals surface area contributed by atoms with Crippen molar-refractivity contribution in [1.82, 2.24) is 10.2 Å². The molecule has 2 aliphatic rings. The van der Waals surface area contributed by atoms with Crippen molar-refractivity contribution < 1.29 is 4.79 Å². The molecule has 0 aromatic heterocycles. The largest absolute Gasteiger partial charge is 0.334 e. The van der Waals surface area contributed by atoms with Crippen LogP contribution in [0, 0.1) is 17.2 Å². The van der Waals surface area contributed by atoms with Crippen LogP contribution < -0.4 is 10.6 Å². The van der Waals surface area contributed by atoms with E-state index in [9.17, 15) is 4.79 Å². The zero-order valence-corrected chi connectivity index (χ0v) is 12.0. The summed E-state index contributed by atoms with van der Waals surface area (Å²) >= 11 is 0. The number of carbonyl (C=O) groups excluding carboxylic acids is 1. The second-order valence-electron chi connectivity index (χ2n) is 5.94. The summed E-state index contributed by atoms with van der Waals surface area (Å²) in [6.07, 6.45) is 3.72. The first-order valence-electron chi connectivity index (χ1n) is 7.53. The number of para-hydroxylation sites is 1. The average molecular weight is 284 g/mol. The fourth-order valence-electron chi connectivity index (χ4n) is 2.82. The number of benzene rings is 1. The van der Waals surface area contributed by atoms with Crippen molar-refractivity contribution in [3.8, 4) is 6.07 Å². The second-order valence-corrected chi connectivity index (χ2v) is 5.94. The SMILES string of the molecule is N#Cc1ccccc1NC(=O)NC1CCN(CC2CC2)C1. The van der Waals surface area contributed by atoms with Crippen LogP contribution in [0.1, 0.15) is 24.8 Å². The molecule has 1 saturated carbocycles. The molecule has 2 amide bonds. The summed E-state index contributed by atoms with van der Waals surface area (Å²) in [5.74, 6) is 0.889. The molecule has 0 spiro atoms. The van der Waals surface area contributed by atoms with Gasteiger partial charge >= 0.3 is 6.03 Å². The highest BCUT2D eigenvalue weighted by molar-refractivity contribution is 5.90. The van der Waals surface area contributed by atoms with Crippen LogP contribution in [-0.2, 0) is 0 Å². The molecule has 1 unspecified atom stereocenters. The van der Waals surface area contributed by atoms with Crippen LogP contribution in [0.2, 0.25) is 0 Å². The number of amides is 2. The van der Waals surface area contributed by atoms with Gasteiger partial charge in [-0.3, -0.25) is 0 Å². The van der Waals surface area contributed by atoms with Crippen LogP contribution >= 0.6 is 0 Å². The van der Waals surface area contributed by atoms with Crippen molar-refractivity contribution in [3.05, 3.63) is 29.8 Å². The van der Waals surface area contributed by atoms with Gasteiger partial charge < -0.3 is 15.5 Å². The maximum Gasteiger partial charge on any atom is 0.319 e. The molecule has 1 heterocycles. The van der Waals surface area contributed by atoms with Gasteiger partial charge in [-0.15, -0.1) is 0 Å². The lowest BCUT2D eigenvalue weighted by atomic mass is 10.2. The van der Waals surface area contributed by atoms with E-state index in [0.29, 0.717) is 11.3 Å². The van der Waals surface area contributed by atoms with Gasteiger partial charge in [0.05, 0.1) is 11.3 Å². The van der Waals surface area contributed by atoms with Crippen molar-refractivity contribution in [1.29, 1.82) is 5.26 Å². The smallest absolute Gasteiger partial charge is 0.319 e. The Labute approximate surface area is 124 Å². The zero-order valence-electron chi connectivity index (χ0n) is 12.0. The molecule has 1 aromatic carbocycles. The first kappa shape index (κ1) is 13.9. The Morgan fingerprint density at radius 2 is 2.14 bits per heavy atom. The van der Waals surface area contributed by atoms with Gasteiger partial charge in [0.25, 0.3) is 0 Å². The quantitative estimate of drug-likeness (QED) is 0.890. The van der Waals surface area contributed by atoms with Gasteiger partial charge in [0.1, 0.15) is 6.07 Å². The summed E-state index contributed by atoms with van der Waals surface area (Å²) in [6, 6.07) is 9.09. The highest BCUT2D eigenvalue weighted by Crippen LogP contribution is 2.30. The predicted octanol–water partition coefficient (Wildman–Crippen LogP) is 2.16. The van der Waals surface area contributed by atoms with Crippen LogP contribution in [0.25, 0.3) is 0 Å². The third-order valence-electron chi connectivity index (χ3n) is 4.12. The number of nitrogens with zero attached hydrogens (tertiary/aromatic N) is 2. The van der Waals surface area contributed by atoms with E-state index in [4.69, 9.17) is 5.26 Å². The van der Waals surface area contributed by atoms with E-state index in [1.54, 1.807) is 18.2 Å². The van der Waals surface area contributed by atoms with E-state index in [0.717, 1.165) is 25.4 Å². The van der Waals surface area contributed by atoms with Crippen molar-refractivity contribution in [2.75, 3.05) is 25.0 Å². The summed E-state index contributed by atoms with van der Waals surface area (Å²) < 4.78 is 0. The minimum absolute atomic E-state index is 0.206. The zero-order chi connectivity index (χ0) is 14.7. The Kier molecular flexibility index (Phi) is 4.07. The Morgan fingerprint density at radius 1 is 1.33 bits per heavy atom. The van der Waals surface area contributed by atoms with Gasteiger partial charge in [-0.2, -0.15) is 5.26 Å². The van der Waals surface area contributed by atoms with E-state index in [1.807, 2.05) is 6.07 Å². The highest BCUT2D eigenvalue weighted by Gasteiger charge is 2.29. The Hall–Kier alpha value is -2.06. The molecule has 3 rings (SSSR count). The van der Waals surface area contributed by atoms with Crippen molar-refractivity contribution in [2.24, 2.45) is 5.92 Å². The van der Waals surface area contributed by atoms with Gasteiger partial charge in [0.2, 0.25) is 0 Å². The molecule has 2 N–H and O–H groups in total. The summed E-state index contributed by atoms with van der Waals surface area (Å²) in [5, 5.41) is 14.8. The van der Waals surface area contributed by atoms with Crippen molar-refractivity contribution in [3.63, 3.8) is 0 Å². The topological polar surface area (TPSA) is 68.2 Å². The number of hydrogen-bond donors (Lipinski definition) is 2. The number of anilines is 1. The van der Waals surface area contributed by atoms with Crippen LogP contribution in [0.15, 0.2) is 24.3 Å². The van der Waals surface area contributed by atoms with Gasteiger partial charge in [-0.25, -0.2) is 4.79 Å². The minimum Gasteiger partial charge on any atom is -0.334 e. The van der Waals surface area contributed by atoms with Gasteiger partial charge in [-0.1, -0.05) is 12.1 Å². The van der Waals surface area contributed by atoms with E-state index in [1.165, 1.54) is 19.4 Å². The number of nitriles is 1. The molecule has 1 aliphatic carbocycles. The van der Waals surface area contributed by atoms with Crippen LogP contribution in [0.5, 0.6) is 0 Å². The van der Waals surface area contributed by atoms with Crippen molar-refractivity contribution >= 4 is 11.7 Å². The lowest BCUT2D eigenvalue weighted by Crippen LogP contribution is -2.40. The molecule has 2 fully saturated rings. The molecule has 110 valence electrons. The summed E-state index contributed by atoms with van der Waals surface area (Å²) in [7, 11) is 0. The van der Waals surface area contributed by atoms with Gasteiger partial charge in [0.15, 0.2) is 0 Å². The fourth-order valence-corrected chi connectivity index (χ4v) is 2.82. The molecule has 1 aromatic rings. The predicted molar refractivity (Wildman–Crippen MR) is 80.9 cm³/mol.